The van der Waals surface area contributed by atoms with E-state index in [0.29, 0.717) is 0 Å². The summed E-state index contributed by atoms with van der Waals surface area (Å²) in [7, 11) is 1.44. The van der Waals surface area contributed by atoms with Crippen molar-refractivity contribution in [3.8, 4) is 0 Å². The lowest BCUT2D eigenvalue weighted by molar-refractivity contribution is -0.147. The third kappa shape index (κ3) is 8.54. The smallest absolute Gasteiger partial charge is 0.408 e. The first-order valence-electron chi connectivity index (χ1n) is 13.5. The minimum Gasteiger partial charge on any atom is -0.480 e. The van der Waals surface area contributed by atoms with E-state index in [1.807, 2.05) is 54.6 Å². The lowest BCUT2D eigenvalue weighted by Crippen LogP contribution is -2.61. The van der Waals surface area contributed by atoms with Crippen molar-refractivity contribution in [3.05, 3.63) is 71.3 Å². The van der Waals surface area contributed by atoms with Crippen molar-refractivity contribution in [2.45, 2.75) is 71.3 Å². The summed E-state index contributed by atoms with van der Waals surface area (Å²) in [6, 6.07) is 13.1. The van der Waals surface area contributed by atoms with Gasteiger partial charge in [-0.1, -0.05) is 75.4 Å². The molecule has 0 radical (unpaired) electrons. The minimum absolute atomic E-state index is 0.0203. The van der Waals surface area contributed by atoms with Gasteiger partial charge in [-0.3, -0.25) is 14.4 Å². The number of benzene rings is 2. The number of fused-ring (bicyclic) bond motifs is 1. The van der Waals surface area contributed by atoms with Gasteiger partial charge in [0, 0.05) is 26.4 Å². The molecule has 1 aliphatic heterocycles. The predicted octanol–water partition coefficient (Wildman–Crippen LogP) is 2.38. The van der Waals surface area contributed by atoms with E-state index in [0.717, 1.165) is 16.7 Å². The highest BCUT2D eigenvalue weighted by Gasteiger charge is 2.42. The SMILES string of the molecule is CNC(=O)CC[C@@H](NC(=O)C1Cc2ccccc2CN1C(=O)[C@@H](NC(=O)OCc1ccccc1)C(C)(C)C)C(=O)O. The fourth-order valence-electron chi connectivity index (χ4n) is 4.61. The number of hydrogen-bond donors (Lipinski definition) is 4. The Morgan fingerprint density at radius 1 is 0.976 bits per heavy atom. The van der Waals surface area contributed by atoms with Crippen molar-refractivity contribution in [3.63, 3.8) is 0 Å². The molecule has 11 heteroatoms. The first kappa shape index (κ1) is 31.1. The quantitative estimate of drug-likeness (QED) is 0.344. The number of hydrogen-bond acceptors (Lipinski definition) is 6. The van der Waals surface area contributed by atoms with Gasteiger partial charge in [0.15, 0.2) is 0 Å². The van der Waals surface area contributed by atoms with Crippen molar-refractivity contribution in [1.82, 2.24) is 20.9 Å². The van der Waals surface area contributed by atoms with E-state index in [2.05, 4.69) is 16.0 Å². The van der Waals surface area contributed by atoms with Gasteiger partial charge in [0.1, 0.15) is 24.7 Å². The zero-order valence-electron chi connectivity index (χ0n) is 23.8. The van der Waals surface area contributed by atoms with Gasteiger partial charge in [-0.25, -0.2) is 9.59 Å². The van der Waals surface area contributed by atoms with E-state index >= 15 is 0 Å². The number of nitrogens with one attached hydrogen (secondary N) is 3. The molecule has 2 aromatic rings. The molecule has 41 heavy (non-hydrogen) atoms. The Morgan fingerprint density at radius 2 is 1.61 bits per heavy atom. The van der Waals surface area contributed by atoms with Gasteiger partial charge in [0.2, 0.25) is 17.7 Å². The van der Waals surface area contributed by atoms with Gasteiger partial charge in [0.05, 0.1) is 0 Å². The summed E-state index contributed by atoms with van der Waals surface area (Å²) in [4.78, 5) is 65.3. The van der Waals surface area contributed by atoms with Gasteiger partial charge in [-0.15, -0.1) is 0 Å². The number of carboxylic acids is 1. The number of ether oxygens (including phenoxy) is 1. The Balaban J connectivity index is 1.83. The number of carboxylic acid groups (broad SMARTS) is 1. The molecule has 4 N–H and O–H groups in total. The molecule has 1 unspecified atom stereocenters. The third-order valence-electron chi connectivity index (χ3n) is 6.98. The standard InChI is InChI=1S/C30H38N4O7/c1-30(2,3)25(33-29(40)41-18-19-10-6-5-7-11-19)27(37)34-17-21-13-9-8-12-20(21)16-23(34)26(36)32-22(28(38)39)14-15-24(35)31-4/h5-13,22-23,25H,14-18H2,1-4H3,(H,31,35)(H,32,36)(H,33,40)(H,38,39)/t22-,23?,25-/m1/s1. The van der Waals surface area contributed by atoms with Crippen molar-refractivity contribution in [2.75, 3.05) is 7.05 Å². The molecule has 0 fully saturated rings. The molecular weight excluding hydrogens is 528 g/mol. The number of amides is 4. The number of carbonyl (C=O) groups is 5. The van der Waals surface area contributed by atoms with E-state index in [4.69, 9.17) is 4.74 Å². The molecule has 0 saturated heterocycles. The Kier molecular flexibility index (Phi) is 10.5. The van der Waals surface area contributed by atoms with Crippen LogP contribution in [0.2, 0.25) is 0 Å². The van der Waals surface area contributed by atoms with Crippen LogP contribution >= 0.6 is 0 Å². The topological polar surface area (TPSA) is 154 Å². The maximum absolute atomic E-state index is 14.1. The summed E-state index contributed by atoms with van der Waals surface area (Å²) < 4.78 is 5.36. The molecule has 11 nitrogen and oxygen atoms in total. The normalized spacial score (nSPS) is 16.0. The van der Waals surface area contributed by atoms with Crippen LogP contribution in [0.5, 0.6) is 0 Å². The molecule has 0 saturated carbocycles. The van der Waals surface area contributed by atoms with Crippen LogP contribution in [0.15, 0.2) is 54.6 Å². The summed E-state index contributed by atoms with van der Waals surface area (Å²) in [6.45, 7) is 5.49. The van der Waals surface area contributed by atoms with Crippen LogP contribution in [0.4, 0.5) is 4.79 Å². The Morgan fingerprint density at radius 3 is 2.22 bits per heavy atom. The van der Waals surface area contributed by atoms with Crippen LogP contribution in [-0.4, -0.2) is 65.0 Å². The summed E-state index contributed by atoms with van der Waals surface area (Å²) in [6.07, 6.45) is -0.825. The third-order valence-corrected chi connectivity index (χ3v) is 6.98. The maximum Gasteiger partial charge on any atom is 0.408 e. The average Bonchev–Trinajstić information content (AvgIpc) is 2.95. The molecule has 4 amide bonds. The first-order valence-corrected chi connectivity index (χ1v) is 13.5. The number of alkyl carbamates (subject to hydrolysis) is 1. The highest BCUT2D eigenvalue weighted by molar-refractivity contribution is 5.94. The lowest BCUT2D eigenvalue weighted by atomic mass is 9.84. The molecule has 3 rings (SSSR count). The van der Waals surface area contributed by atoms with Crippen LogP contribution in [0.1, 0.15) is 50.3 Å². The van der Waals surface area contributed by atoms with Gasteiger partial charge in [-0.2, -0.15) is 0 Å². The van der Waals surface area contributed by atoms with Crippen molar-refractivity contribution in [1.29, 1.82) is 0 Å². The second-order valence-electron chi connectivity index (χ2n) is 11.1. The molecule has 3 atom stereocenters. The molecule has 2 aromatic carbocycles. The van der Waals surface area contributed by atoms with Gasteiger partial charge in [-0.05, 0) is 28.5 Å². The van der Waals surface area contributed by atoms with Crippen LogP contribution in [0.25, 0.3) is 0 Å². The minimum atomic E-state index is -1.32. The number of carbonyl (C=O) groups excluding carboxylic acids is 4. The fraction of sp³-hybridized carbons (Fsp3) is 0.433. The molecule has 0 spiro atoms. The van der Waals surface area contributed by atoms with Gasteiger partial charge < -0.3 is 30.7 Å². The highest BCUT2D eigenvalue weighted by atomic mass is 16.5. The Hall–Kier alpha value is -4.41. The van der Waals surface area contributed by atoms with Crippen molar-refractivity contribution in [2.24, 2.45) is 5.41 Å². The van der Waals surface area contributed by atoms with Crippen LogP contribution in [0.3, 0.4) is 0 Å². The monoisotopic (exact) mass is 566 g/mol. The van der Waals surface area contributed by atoms with E-state index in [9.17, 15) is 29.1 Å². The van der Waals surface area contributed by atoms with E-state index in [1.54, 1.807) is 20.8 Å². The van der Waals surface area contributed by atoms with E-state index in [-0.39, 0.29) is 38.3 Å². The number of aliphatic carboxylic acids is 1. The second-order valence-corrected chi connectivity index (χ2v) is 11.1. The van der Waals surface area contributed by atoms with Crippen LogP contribution in [0, 0.1) is 5.41 Å². The summed E-state index contributed by atoms with van der Waals surface area (Å²) in [5, 5.41) is 17.3. The molecule has 0 aliphatic carbocycles. The van der Waals surface area contributed by atoms with Crippen molar-refractivity contribution >= 4 is 29.8 Å². The van der Waals surface area contributed by atoms with Crippen molar-refractivity contribution < 1.29 is 33.8 Å². The highest BCUT2D eigenvalue weighted by Crippen LogP contribution is 2.28. The molecular formula is C30H38N4O7. The summed E-state index contributed by atoms with van der Waals surface area (Å²) in [5.74, 6) is -2.80. The van der Waals surface area contributed by atoms with Gasteiger partial charge >= 0.3 is 12.1 Å². The molecule has 0 aromatic heterocycles. The predicted molar refractivity (Wildman–Crippen MR) is 150 cm³/mol. The van der Waals surface area contributed by atoms with Crippen LogP contribution < -0.4 is 16.0 Å². The molecule has 220 valence electrons. The lowest BCUT2D eigenvalue weighted by Gasteiger charge is -2.41. The summed E-state index contributed by atoms with van der Waals surface area (Å²) in [5.41, 5.74) is 1.74. The number of rotatable bonds is 10. The number of nitrogens with zero attached hydrogens (tertiary/aromatic N) is 1. The molecule has 1 aliphatic rings. The zero-order chi connectivity index (χ0) is 30.2. The van der Waals surface area contributed by atoms with Crippen LogP contribution in [-0.2, 0) is 43.5 Å². The van der Waals surface area contributed by atoms with Gasteiger partial charge in [0.25, 0.3) is 0 Å². The Bertz CT molecular complexity index is 1260. The zero-order valence-corrected chi connectivity index (χ0v) is 23.8. The van der Waals surface area contributed by atoms with E-state index < -0.39 is 47.4 Å². The first-order chi connectivity index (χ1) is 19.4. The second kappa shape index (κ2) is 13.8. The maximum atomic E-state index is 14.1. The average molecular weight is 567 g/mol. The fourth-order valence-corrected chi connectivity index (χ4v) is 4.61. The Labute approximate surface area is 239 Å². The largest absolute Gasteiger partial charge is 0.480 e. The summed E-state index contributed by atoms with van der Waals surface area (Å²) >= 11 is 0. The van der Waals surface area contributed by atoms with E-state index in [1.165, 1.54) is 11.9 Å². The molecule has 0 bridgehead atoms. The molecule has 1 heterocycles.